The molecule has 0 radical (unpaired) electrons. The Morgan fingerprint density at radius 3 is 1.87 bits per heavy atom. The summed E-state index contributed by atoms with van der Waals surface area (Å²) in [6.45, 7) is 0. The summed E-state index contributed by atoms with van der Waals surface area (Å²) in [5.41, 5.74) is 2.37. The van der Waals surface area contributed by atoms with Crippen LogP contribution in [0.5, 0.6) is 0 Å². The Morgan fingerprint density at radius 1 is 0.913 bits per heavy atom. The van der Waals surface area contributed by atoms with Crippen molar-refractivity contribution in [3.05, 3.63) is 70.8 Å². The number of Topliss-reactive ketones (excluding diaryl/α,β-unsaturated/α-hetero) is 2. The Balaban J connectivity index is 2.14. The molecule has 0 N–H and O–H groups in total. The molecule has 0 spiro atoms. The van der Waals surface area contributed by atoms with E-state index in [-0.39, 0.29) is 22.7 Å². The van der Waals surface area contributed by atoms with Crippen molar-refractivity contribution in [2.75, 3.05) is 19.0 Å². The number of benzene rings is 2. The predicted octanol–water partition coefficient (Wildman–Crippen LogP) is 3.11. The molecule has 0 bridgehead atoms. The van der Waals surface area contributed by atoms with E-state index >= 15 is 0 Å². The van der Waals surface area contributed by atoms with Gasteiger partial charge in [0.2, 0.25) is 0 Å². The van der Waals surface area contributed by atoms with Crippen LogP contribution >= 0.6 is 0 Å². The van der Waals surface area contributed by atoms with Gasteiger partial charge in [0.15, 0.2) is 11.6 Å². The highest BCUT2D eigenvalue weighted by Crippen LogP contribution is 2.32. The highest BCUT2D eigenvalue weighted by Gasteiger charge is 2.35. The van der Waals surface area contributed by atoms with Crippen molar-refractivity contribution in [1.82, 2.24) is 0 Å². The fourth-order valence-corrected chi connectivity index (χ4v) is 2.67. The molecule has 2 aromatic carbocycles. The van der Waals surface area contributed by atoms with Gasteiger partial charge >= 0.3 is 0 Å². The van der Waals surface area contributed by atoms with E-state index in [0.717, 1.165) is 5.69 Å². The number of nitrogens with zero attached hydrogens (tertiary/aromatic N) is 2. The summed E-state index contributed by atoms with van der Waals surface area (Å²) < 4.78 is 0. The molecular weight excluding hydrogens is 288 g/mol. The van der Waals surface area contributed by atoms with Gasteiger partial charge in [-0.3, -0.25) is 9.59 Å². The van der Waals surface area contributed by atoms with Crippen LogP contribution in [0.2, 0.25) is 0 Å². The van der Waals surface area contributed by atoms with Crippen LogP contribution in [-0.4, -0.2) is 25.7 Å². The van der Waals surface area contributed by atoms with E-state index in [9.17, 15) is 14.9 Å². The first-order chi connectivity index (χ1) is 11.0. The lowest BCUT2D eigenvalue weighted by molar-refractivity contribution is 0.0990. The number of rotatable bonds is 2. The Morgan fingerprint density at radius 2 is 1.43 bits per heavy atom. The summed E-state index contributed by atoms with van der Waals surface area (Å²) in [4.78, 5) is 27.0. The van der Waals surface area contributed by atoms with Crippen molar-refractivity contribution in [1.29, 1.82) is 5.26 Å². The molecule has 0 aromatic heterocycles. The molecule has 0 atom stereocenters. The third-order valence-electron chi connectivity index (χ3n) is 3.90. The van der Waals surface area contributed by atoms with Gasteiger partial charge in [0.25, 0.3) is 0 Å². The number of hydrogen-bond acceptors (Lipinski definition) is 4. The standard InChI is InChI=1S/C19H14N2O2/c1-21(2)13-9-7-12(8-10-13)16(11-20)17-18(22)14-5-3-4-6-15(14)19(17)23/h3-10H,1-2H3. The van der Waals surface area contributed by atoms with Crippen LogP contribution in [0.15, 0.2) is 54.1 Å². The highest BCUT2D eigenvalue weighted by atomic mass is 16.2. The summed E-state index contributed by atoms with van der Waals surface area (Å²) in [6, 6.07) is 15.9. The fourth-order valence-electron chi connectivity index (χ4n) is 2.67. The molecule has 23 heavy (non-hydrogen) atoms. The molecule has 4 heteroatoms. The van der Waals surface area contributed by atoms with Crippen molar-refractivity contribution < 1.29 is 9.59 Å². The van der Waals surface area contributed by atoms with Gasteiger partial charge in [-0.15, -0.1) is 0 Å². The molecule has 112 valence electrons. The molecule has 0 heterocycles. The molecule has 1 aliphatic rings. The molecule has 0 saturated carbocycles. The van der Waals surface area contributed by atoms with E-state index in [1.807, 2.05) is 37.2 Å². The minimum atomic E-state index is -0.376. The lowest BCUT2D eigenvalue weighted by Crippen LogP contribution is -2.08. The van der Waals surface area contributed by atoms with Crippen LogP contribution in [-0.2, 0) is 0 Å². The SMILES string of the molecule is CN(C)c1ccc(C(C#N)=C2C(=O)c3ccccc3C2=O)cc1. The zero-order valence-corrected chi connectivity index (χ0v) is 12.8. The first-order valence-corrected chi connectivity index (χ1v) is 7.15. The highest BCUT2D eigenvalue weighted by molar-refractivity contribution is 6.43. The van der Waals surface area contributed by atoms with Crippen LogP contribution in [0.4, 0.5) is 5.69 Å². The van der Waals surface area contributed by atoms with E-state index in [4.69, 9.17) is 0 Å². The summed E-state index contributed by atoms with van der Waals surface area (Å²) in [5.74, 6) is -0.752. The summed E-state index contributed by atoms with van der Waals surface area (Å²) in [6.07, 6.45) is 0. The second-order valence-corrected chi connectivity index (χ2v) is 5.51. The minimum Gasteiger partial charge on any atom is -0.378 e. The summed E-state index contributed by atoms with van der Waals surface area (Å²) >= 11 is 0. The predicted molar refractivity (Wildman–Crippen MR) is 88.4 cm³/mol. The van der Waals surface area contributed by atoms with E-state index in [1.54, 1.807) is 36.4 Å². The van der Waals surface area contributed by atoms with Gasteiger partial charge in [-0.1, -0.05) is 36.4 Å². The third kappa shape index (κ3) is 2.33. The maximum Gasteiger partial charge on any atom is 0.199 e. The van der Waals surface area contributed by atoms with Crippen molar-refractivity contribution in [2.45, 2.75) is 0 Å². The molecule has 4 nitrogen and oxygen atoms in total. The summed E-state index contributed by atoms with van der Waals surface area (Å²) in [5, 5.41) is 9.51. The maximum atomic E-state index is 12.5. The quantitative estimate of drug-likeness (QED) is 0.486. The van der Waals surface area contributed by atoms with E-state index in [2.05, 4.69) is 0 Å². The Labute approximate surface area is 134 Å². The lowest BCUT2D eigenvalue weighted by atomic mass is 9.97. The molecule has 0 aliphatic heterocycles. The van der Waals surface area contributed by atoms with E-state index < -0.39 is 0 Å². The number of anilines is 1. The second kappa shape index (κ2) is 5.54. The Hall–Kier alpha value is -3.19. The average molecular weight is 302 g/mol. The monoisotopic (exact) mass is 302 g/mol. The number of allylic oxidation sites excluding steroid dienone is 2. The molecule has 0 unspecified atom stereocenters. The third-order valence-corrected chi connectivity index (χ3v) is 3.90. The van der Waals surface area contributed by atoms with Crippen LogP contribution in [0.3, 0.4) is 0 Å². The van der Waals surface area contributed by atoms with E-state index in [1.165, 1.54) is 0 Å². The average Bonchev–Trinajstić information content (AvgIpc) is 2.82. The number of ketones is 2. The molecule has 3 rings (SSSR count). The van der Waals surface area contributed by atoms with Crippen molar-refractivity contribution in [2.24, 2.45) is 0 Å². The number of fused-ring (bicyclic) bond motifs is 1. The smallest absolute Gasteiger partial charge is 0.199 e. The van der Waals surface area contributed by atoms with Crippen molar-refractivity contribution in [3.8, 4) is 6.07 Å². The zero-order valence-electron chi connectivity index (χ0n) is 12.8. The molecule has 0 fully saturated rings. The Kier molecular flexibility index (Phi) is 3.55. The molecule has 0 saturated heterocycles. The van der Waals surface area contributed by atoms with Gasteiger partial charge in [-0.2, -0.15) is 5.26 Å². The number of carbonyl (C=O) groups excluding carboxylic acids is 2. The molecular formula is C19H14N2O2. The minimum absolute atomic E-state index is 0.0358. The molecule has 0 amide bonds. The molecule has 2 aromatic rings. The number of hydrogen-bond donors (Lipinski definition) is 0. The topological polar surface area (TPSA) is 61.2 Å². The second-order valence-electron chi connectivity index (χ2n) is 5.51. The largest absolute Gasteiger partial charge is 0.378 e. The van der Waals surface area contributed by atoms with Crippen LogP contribution < -0.4 is 4.90 Å². The molecule has 1 aliphatic carbocycles. The lowest BCUT2D eigenvalue weighted by Gasteiger charge is -2.12. The van der Waals surface area contributed by atoms with Gasteiger partial charge in [0.05, 0.1) is 11.1 Å². The van der Waals surface area contributed by atoms with Crippen molar-refractivity contribution in [3.63, 3.8) is 0 Å². The first kappa shape index (κ1) is 14.7. The van der Waals surface area contributed by atoms with Crippen molar-refractivity contribution >= 4 is 22.8 Å². The maximum absolute atomic E-state index is 12.5. The zero-order chi connectivity index (χ0) is 16.6. The van der Waals surface area contributed by atoms with Gasteiger partial charge in [-0.05, 0) is 17.7 Å². The normalized spacial score (nSPS) is 12.8. The Bertz CT molecular complexity index is 847. The number of carbonyl (C=O) groups is 2. The van der Waals surface area contributed by atoms with Gasteiger partial charge < -0.3 is 4.90 Å². The van der Waals surface area contributed by atoms with Crippen LogP contribution in [0.1, 0.15) is 26.3 Å². The number of nitriles is 1. The van der Waals surface area contributed by atoms with Crippen LogP contribution in [0, 0.1) is 11.3 Å². The fraction of sp³-hybridized carbons (Fsp3) is 0.105. The van der Waals surface area contributed by atoms with Gasteiger partial charge in [0, 0.05) is 30.9 Å². The summed E-state index contributed by atoms with van der Waals surface area (Å²) in [7, 11) is 3.83. The van der Waals surface area contributed by atoms with Crippen LogP contribution in [0.25, 0.3) is 5.57 Å². The van der Waals surface area contributed by atoms with E-state index in [0.29, 0.717) is 16.7 Å². The van der Waals surface area contributed by atoms with Gasteiger partial charge in [-0.25, -0.2) is 0 Å². The first-order valence-electron chi connectivity index (χ1n) is 7.15. The van der Waals surface area contributed by atoms with Gasteiger partial charge in [0.1, 0.15) is 6.07 Å².